The van der Waals surface area contributed by atoms with Gasteiger partial charge in [-0.2, -0.15) is 0 Å². The van der Waals surface area contributed by atoms with E-state index in [9.17, 15) is 9.59 Å². The van der Waals surface area contributed by atoms with Crippen molar-refractivity contribution in [1.29, 1.82) is 0 Å². The summed E-state index contributed by atoms with van der Waals surface area (Å²) >= 11 is 0. The Hall–Kier alpha value is -1.32. The van der Waals surface area contributed by atoms with Crippen molar-refractivity contribution in [3.63, 3.8) is 0 Å². The van der Waals surface area contributed by atoms with Gasteiger partial charge in [0.15, 0.2) is 0 Å². The van der Waals surface area contributed by atoms with E-state index < -0.39 is 5.97 Å². The first-order valence-corrected chi connectivity index (χ1v) is 9.33. The molecular formula is C18H36N4O4. The van der Waals surface area contributed by atoms with Crippen molar-refractivity contribution >= 4 is 12.3 Å². The Bertz CT molecular complexity index is 378. The summed E-state index contributed by atoms with van der Waals surface area (Å²) in [7, 11) is 0. The highest BCUT2D eigenvalue weighted by Gasteiger charge is 2.07. The molecule has 0 aromatic rings. The molecule has 0 aromatic heterocycles. The van der Waals surface area contributed by atoms with E-state index >= 15 is 0 Å². The second-order valence-corrected chi connectivity index (χ2v) is 6.29. The van der Waals surface area contributed by atoms with Crippen LogP contribution in [0.3, 0.4) is 0 Å². The summed E-state index contributed by atoms with van der Waals surface area (Å²) in [5, 5.41) is 21.7. The number of rotatable bonds is 19. The Morgan fingerprint density at radius 1 is 1.08 bits per heavy atom. The number of aldehydes is 1. The van der Waals surface area contributed by atoms with Gasteiger partial charge in [0.1, 0.15) is 12.9 Å². The van der Waals surface area contributed by atoms with E-state index in [1.807, 2.05) is 0 Å². The molecule has 0 saturated heterocycles. The Balaban J connectivity index is 3.62. The van der Waals surface area contributed by atoms with E-state index in [1.165, 1.54) is 0 Å². The Morgan fingerprint density at radius 2 is 1.81 bits per heavy atom. The zero-order chi connectivity index (χ0) is 19.5. The minimum atomic E-state index is -0.748. The van der Waals surface area contributed by atoms with Crippen molar-refractivity contribution in [2.24, 2.45) is 5.92 Å². The van der Waals surface area contributed by atoms with Gasteiger partial charge in [0.05, 0.1) is 6.73 Å². The molecule has 0 saturated carbocycles. The van der Waals surface area contributed by atoms with Gasteiger partial charge in [-0.1, -0.05) is 26.0 Å². The minimum absolute atomic E-state index is 0.131. The highest BCUT2D eigenvalue weighted by molar-refractivity contribution is 5.66. The Kier molecular flexibility index (Phi) is 17.5. The standard InChI is InChI=1S/C18H36N4O4/c1-16(2)17(5-3-7-19-8-4-6-18(24)25)22-12-11-20-9-10-21-15-26-14-13-23/h3,5,13,16-17,19-22H,4,6-12,14-15H2,1-2H3,(H,24,25). The molecule has 0 rings (SSSR count). The predicted molar refractivity (Wildman–Crippen MR) is 103 cm³/mol. The molecule has 0 aliphatic carbocycles. The average molecular weight is 373 g/mol. The van der Waals surface area contributed by atoms with Crippen LogP contribution in [0.1, 0.15) is 26.7 Å². The minimum Gasteiger partial charge on any atom is -0.481 e. The fourth-order valence-corrected chi connectivity index (χ4v) is 2.17. The molecule has 0 spiro atoms. The zero-order valence-corrected chi connectivity index (χ0v) is 16.1. The van der Waals surface area contributed by atoms with Crippen LogP contribution in [0, 0.1) is 5.92 Å². The molecular weight excluding hydrogens is 336 g/mol. The van der Waals surface area contributed by atoms with Crippen molar-refractivity contribution in [3.05, 3.63) is 12.2 Å². The smallest absolute Gasteiger partial charge is 0.303 e. The Morgan fingerprint density at radius 3 is 2.50 bits per heavy atom. The molecule has 0 bridgehead atoms. The maximum Gasteiger partial charge on any atom is 0.303 e. The molecule has 0 radical (unpaired) electrons. The zero-order valence-electron chi connectivity index (χ0n) is 16.1. The number of carbonyl (C=O) groups excluding carboxylic acids is 1. The number of ether oxygens (including phenoxy) is 1. The molecule has 0 amide bonds. The number of nitrogens with one attached hydrogen (secondary N) is 4. The molecule has 26 heavy (non-hydrogen) atoms. The van der Waals surface area contributed by atoms with Crippen LogP contribution in [0.4, 0.5) is 0 Å². The lowest BCUT2D eigenvalue weighted by atomic mass is 10.0. The highest BCUT2D eigenvalue weighted by atomic mass is 16.5. The van der Waals surface area contributed by atoms with Crippen molar-refractivity contribution in [2.75, 3.05) is 52.6 Å². The summed E-state index contributed by atoms with van der Waals surface area (Å²) in [4.78, 5) is 20.5. The maximum atomic E-state index is 10.4. The van der Waals surface area contributed by atoms with E-state index in [0.29, 0.717) is 31.7 Å². The van der Waals surface area contributed by atoms with Crippen LogP contribution in [0.2, 0.25) is 0 Å². The summed E-state index contributed by atoms with van der Waals surface area (Å²) in [6.07, 6.45) is 5.86. The van der Waals surface area contributed by atoms with Crippen LogP contribution in [-0.4, -0.2) is 76.0 Å². The number of hydrogen-bond donors (Lipinski definition) is 5. The molecule has 0 heterocycles. The van der Waals surface area contributed by atoms with Gasteiger partial charge < -0.3 is 30.6 Å². The summed E-state index contributed by atoms with van der Waals surface area (Å²) in [5.41, 5.74) is 0. The van der Waals surface area contributed by atoms with Crippen LogP contribution in [0.5, 0.6) is 0 Å². The van der Waals surface area contributed by atoms with Gasteiger partial charge in [0.2, 0.25) is 0 Å². The van der Waals surface area contributed by atoms with E-state index in [2.05, 4.69) is 47.3 Å². The SMILES string of the molecule is CC(C)C(C=CCNCCCC(=O)O)NCCNCCNCOCC=O. The highest BCUT2D eigenvalue weighted by Crippen LogP contribution is 2.02. The van der Waals surface area contributed by atoms with Crippen molar-refractivity contribution in [1.82, 2.24) is 21.3 Å². The average Bonchev–Trinajstić information content (AvgIpc) is 2.60. The third kappa shape index (κ3) is 17.5. The van der Waals surface area contributed by atoms with Crippen LogP contribution < -0.4 is 21.3 Å². The van der Waals surface area contributed by atoms with E-state index in [0.717, 1.165) is 39.0 Å². The molecule has 5 N–H and O–H groups in total. The molecule has 1 atom stereocenters. The number of carboxylic acids is 1. The molecule has 0 fully saturated rings. The first kappa shape index (κ1) is 24.7. The predicted octanol–water partition coefficient (Wildman–Crippen LogP) is -0.0366. The monoisotopic (exact) mass is 372 g/mol. The van der Waals surface area contributed by atoms with Crippen LogP contribution >= 0.6 is 0 Å². The third-order valence-electron chi connectivity index (χ3n) is 3.62. The molecule has 8 heteroatoms. The van der Waals surface area contributed by atoms with Gasteiger partial charge >= 0.3 is 5.97 Å². The van der Waals surface area contributed by atoms with Gasteiger partial charge in [0, 0.05) is 45.2 Å². The van der Waals surface area contributed by atoms with E-state index in [1.54, 1.807) is 0 Å². The fourth-order valence-electron chi connectivity index (χ4n) is 2.17. The molecule has 0 aliphatic heterocycles. The quantitative estimate of drug-likeness (QED) is 0.0930. The van der Waals surface area contributed by atoms with Crippen LogP contribution in [0.25, 0.3) is 0 Å². The fraction of sp³-hybridized carbons (Fsp3) is 0.778. The lowest BCUT2D eigenvalue weighted by Gasteiger charge is -2.19. The molecule has 1 unspecified atom stereocenters. The number of hydrogen-bond acceptors (Lipinski definition) is 7. The van der Waals surface area contributed by atoms with Crippen LogP contribution in [0.15, 0.2) is 12.2 Å². The lowest BCUT2D eigenvalue weighted by Crippen LogP contribution is -2.38. The number of carboxylic acid groups (broad SMARTS) is 1. The van der Waals surface area contributed by atoms with Crippen LogP contribution in [-0.2, 0) is 14.3 Å². The maximum absolute atomic E-state index is 10.4. The first-order valence-electron chi connectivity index (χ1n) is 9.33. The van der Waals surface area contributed by atoms with Gasteiger partial charge in [0.25, 0.3) is 0 Å². The normalized spacial score (nSPS) is 12.7. The second-order valence-electron chi connectivity index (χ2n) is 6.29. The van der Waals surface area contributed by atoms with E-state index in [4.69, 9.17) is 9.84 Å². The van der Waals surface area contributed by atoms with Gasteiger partial charge in [-0.15, -0.1) is 0 Å². The topological polar surface area (TPSA) is 112 Å². The summed E-state index contributed by atoms with van der Waals surface area (Å²) in [6.45, 7) is 9.74. The third-order valence-corrected chi connectivity index (χ3v) is 3.62. The molecule has 8 nitrogen and oxygen atoms in total. The van der Waals surface area contributed by atoms with Crippen molar-refractivity contribution in [2.45, 2.75) is 32.7 Å². The first-order chi connectivity index (χ1) is 12.6. The number of carbonyl (C=O) groups is 2. The molecule has 0 aromatic carbocycles. The summed E-state index contributed by atoms with van der Waals surface area (Å²) in [5.74, 6) is -0.253. The molecule has 152 valence electrons. The van der Waals surface area contributed by atoms with Crippen molar-refractivity contribution < 1.29 is 19.4 Å². The lowest BCUT2D eigenvalue weighted by molar-refractivity contribution is -0.137. The number of aliphatic carboxylic acids is 1. The van der Waals surface area contributed by atoms with Gasteiger partial charge in [-0.05, 0) is 18.9 Å². The second kappa shape index (κ2) is 18.5. The Labute approximate surface area is 157 Å². The van der Waals surface area contributed by atoms with Gasteiger partial charge in [-0.3, -0.25) is 10.1 Å². The summed E-state index contributed by atoms with van der Waals surface area (Å²) in [6, 6.07) is 0.312. The largest absolute Gasteiger partial charge is 0.481 e. The van der Waals surface area contributed by atoms with E-state index in [-0.39, 0.29) is 13.0 Å². The van der Waals surface area contributed by atoms with Crippen molar-refractivity contribution in [3.8, 4) is 0 Å². The summed E-state index contributed by atoms with van der Waals surface area (Å²) < 4.78 is 4.99. The van der Waals surface area contributed by atoms with Gasteiger partial charge in [-0.25, -0.2) is 0 Å². The molecule has 0 aliphatic rings.